The molecule has 0 aliphatic heterocycles. The first-order valence-electron chi connectivity index (χ1n) is 6.00. The largest absolute Gasteiger partial charge is 0.497 e. The molecule has 108 valence electrons. The molecule has 1 aromatic heterocycles. The van der Waals surface area contributed by atoms with Crippen molar-refractivity contribution < 1.29 is 18.7 Å². The van der Waals surface area contributed by atoms with Crippen molar-refractivity contribution in [3.05, 3.63) is 40.2 Å². The lowest BCUT2D eigenvalue weighted by atomic mass is 10.2. The van der Waals surface area contributed by atoms with Crippen LogP contribution in [0, 0.1) is 0 Å². The van der Waals surface area contributed by atoms with Crippen LogP contribution in [0.15, 0.2) is 33.5 Å². The van der Waals surface area contributed by atoms with Gasteiger partial charge in [-0.1, -0.05) is 25.4 Å². The van der Waals surface area contributed by atoms with Crippen LogP contribution in [0.25, 0.3) is 11.0 Å². The summed E-state index contributed by atoms with van der Waals surface area (Å²) in [4.78, 5) is 23.0. The highest BCUT2D eigenvalue weighted by atomic mass is 35.5. The first-order valence-corrected chi connectivity index (χ1v) is 6.54. The zero-order valence-corrected chi connectivity index (χ0v) is 12.2. The molecule has 0 atom stereocenters. The lowest BCUT2D eigenvalue weighted by Gasteiger charge is -2.03. The highest BCUT2D eigenvalue weighted by Gasteiger charge is 2.15. The van der Waals surface area contributed by atoms with Crippen LogP contribution in [0.1, 0.15) is 24.2 Å². The zero-order valence-electron chi connectivity index (χ0n) is 11.4. The van der Waals surface area contributed by atoms with Crippen LogP contribution in [-0.4, -0.2) is 19.1 Å². The molecule has 0 saturated heterocycles. The Morgan fingerprint density at radius 1 is 1.30 bits per heavy atom. The summed E-state index contributed by atoms with van der Waals surface area (Å²) in [5, 5.41) is 0.594. The molecule has 2 aromatic rings. The minimum absolute atomic E-state index is 0.187. The summed E-state index contributed by atoms with van der Waals surface area (Å²) in [5.41, 5.74) is -0.624. The van der Waals surface area contributed by atoms with Gasteiger partial charge in [0.2, 0.25) is 0 Å². The molecule has 0 fully saturated rings. The van der Waals surface area contributed by atoms with Crippen molar-refractivity contribution in [2.75, 3.05) is 13.2 Å². The van der Waals surface area contributed by atoms with Gasteiger partial charge in [0.1, 0.15) is 16.9 Å². The van der Waals surface area contributed by atoms with Gasteiger partial charge in [-0.2, -0.15) is 0 Å². The van der Waals surface area contributed by atoms with Gasteiger partial charge < -0.3 is 13.9 Å². The maximum absolute atomic E-state index is 11.6. The molecule has 0 radical (unpaired) electrons. The van der Waals surface area contributed by atoms with E-state index in [9.17, 15) is 9.59 Å². The van der Waals surface area contributed by atoms with Gasteiger partial charge in [-0.3, -0.25) is 0 Å². The Bertz CT molecular complexity index is 648. The molecule has 2 rings (SSSR count). The van der Waals surface area contributed by atoms with Gasteiger partial charge in [-0.05, 0) is 18.2 Å². The number of esters is 1. The van der Waals surface area contributed by atoms with Crippen LogP contribution in [0.5, 0.6) is 5.75 Å². The molecule has 6 heteroatoms. The zero-order chi connectivity index (χ0) is 15.1. The number of alkyl halides is 1. The van der Waals surface area contributed by atoms with Crippen molar-refractivity contribution in [3.63, 3.8) is 0 Å². The van der Waals surface area contributed by atoms with E-state index in [0.29, 0.717) is 16.7 Å². The maximum atomic E-state index is 11.6. The third-order valence-corrected chi connectivity index (χ3v) is 2.46. The Morgan fingerprint density at radius 2 is 2.00 bits per heavy atom. The first-order chi connectivity index (χ1) is 9.65. The second-order valence-electron chi connectivity index (χ2n) is 3.39. The average Bonchev–Trinajstić information content (AvgIpc) is 2.48. The Hall–Kier alpha value is -2.01. The monoisotopic (exact) mass is 298 g/mol. The normalized spacial score (nSPS) is 9.60. The summed E-state index contributed by atoms with van der Waals surface area (Å²) < 4.78 is 14.6. The maximum Gasteiger partial charge on any atom is 0.351 e. The molecular weight excluding hydrogens is 284 g/mol. The molecule has 0 aliphatic carbocycles. The van der Waals surface area contributed by atoms with Crippen molar-refractivity contribution in [1.82, 2.24) is 0 Å². The smallest absolute Gasteiger partial charge is 0.351 e. The second kappa shape index (κ2) is 7.55. The summed E-state index contributed by atoms with van der Waals surface area (Å²) in [5.74, 6) is -0.252. The fourth-order valence-corrected chi connectivity index (χ4v) is 1.59. The number of hydrogen-bond acceptors (Lipinski definition) is 5. The van der Waals surface area contributed by atoms with E-state index in [2.05, 4.69) is 4.74 Å². The number of carbonyl (C=O) groups excluding carboxylic acids is 1. The van der Waals surface area contributed by atoms with E-state index in [1.54, 1.807) is 18.2 Å². The molecular formula is C14H15ClO5. The van der Waals surface area contributed by atoms with Gasteiger partial charge in [0.25, 0.3) is 0 Å². The van der Waals surface area contributed by atoms with Crippen molar-refractivity contribution in [2.24, 2.45) is 0 Å². The molecule has 0 spiro atoms. The van der Waals surface area contributed by atoms with Crippen molar-refractivity contribution in [2.45, 2.75) is 13.8 Å². The molecule has 0 unspecified atom stereocenters. The summed E-state index contributed by atoms with van der Waals surface area (Å²) in [6.07, 6.45) is 0. The van der Waals surface area contributed by atoms with E-state index in [4.69, 9.17) is 20.8 Å². The van der Waals surface area contributed by atoms with Crippen LogP contribution in [0.4, 0.5) is 0 Å². The lowest BCUT2D eigenvalue weighted by molar-refractivity contribution is 0.0569. The molecule has 0 N–H and O–H groups in total. The third kappa shape index (κ3) is 3.51. The van der Waals surface area contributed by atoms with Gasteiger partial charge in [0, 0.05) is 11.5 Å². The van der Waals surface area contributed by atoms with E-state index in [1.165, 1.54) is 13.2 Å². The van der Waals surface area contributed by atoms with Crippen molar-refractivity contribution >= 4 is 28.5 Å². The standard InChI is InChI=1S/C12H9ClO5.C2H6/c1-16-8-3-2-7-4-9(11(14)17-6-13)12(15)18-10(7)5-8;1-2/h2-5H,6H2,1H3;1-2H3. The topological polar surface area (TPSA) is 65.7 Å². The number of benzene rings is 1. The van der Waals surface area contributed by atoms with Crippen LogP contribution < -0.4 is 10.4 Å². The fourth-order valence-electron chi connectivity index (χ4n) is 1.49. The number of carbonyl (C=O) groups is 1. The van der Waals surface area contributed by atoms with E-state index in [-0.39, 0.29) is 11.6 Å². The number of methoxy groups -OCH3 is 1. The Kier molecular flexibility index (Phi) is 6.06. The van der Waals surface area contributed by atoms with Crippen LogP contribution >= 0.6 is 11.6 Å². The minimum Gasteiger partial charge on any atom is -0.497 e. The van der Waals surface area contributed by atoms with Gasteiger partial charge >= 0.3 is 11.6 Å². The SMILES string of the molecule is CC.COc1ccc2cc(C(=O)OCCl)c(=O)oc2c1. The van der Waals surface area contributed by atoms with E-state index >= 15 is 0 Å². The predicted octanol–water partition coefficient (Wildman–Crippen LogP) is 3.18. The molecule has 1 heterocycles. The van der Waals surface area contributed by atoms with Crippen molar-refractivity contribution in [3.8, 4) is 5.75 Å². The predicted molar refractivity (Wildman–Crippen MR) is 76.5 cm³/mol. The average molecular weight is 299 g/mol. The minimum atomic E-state index is -0.809. The highest BCUT2D eigenvalue weighted by Crippen LogP contribution is 2.20. The molecule has 1 aromatic carbocycles. The molecule has 0 amide bonds. The van der Waals surface area contributed by atoms with Gasteiger partial charge in [0.15, 0.2) is 6.07 Å². The van der Waals surface area contributed by atoms with Crippen LogP contribution in [0.3, 0.4) is 0 Å². The third-order valence-electron chi connectivity index (χ3n) is 2.35. The molecule has 0 aliphatic rings. The lowest BCUT2D eigenvalue weighted by Crippen LogP contribution is -2.15. The quantitative estimate of drug-likeness (QED) is 0.494. The van der Waals surface area contributed by atoms with E-state index < -0.39 is 11.6 Å². The summed E-state index contributed by atoms with van der Waals surface area (Å²) >= 11 is 5.26. The Labute approximate surface area is 121 Å². The molecule has 20 heavy (non-hydrogen) atoms. The first kappa shape index (κ1) is 16.0. The van der Waals surface area contributed by atoms with E-state index in [0.717, 1.165) is 0 Å². The van der Waals surface area contributed by atoms with Gasteiger partial charge in [-0.15, -0.1) is 0 Å². The summed E-state index contributed by atoms with van der Waals surface area (Å²) in [7, 11) is 1.51. The number of fused-ring (bicyclic) bond motifs is 1. The highest BCUT2D eigenvalue weighted by molar-refractivity contribution is 6.17. The molecule has 0 bridgehead atoms. The number of ether oxygens (including phenoxy) is 2. The summed E-state index contributed by atoms with van der Waals surface area (Å²) in [6, 6.07) is 6.01. The van der Waals surface area contributed by atoms with E-state index in [1.807, 2.05) is 13.8 Å². The second-order valence-corrected chi connectivity index (χ2v) is 3.61. The Morgan fingerprint density at radius 3 is 2.60 bits per heavy atom. The number of hydrogen-bond donors (Lipinski definition) is 0. The number of halogens is 1. The number of rotatable bonds is 3. The molecule has 5 nitrogen and oxygen atoms in total. The fraction of sp³-hybridized carbons (Fsp3) is 0.286. The molecule has 0 saturated carbocycles. The van der Waals surface area contributed by atoms with Crippen LogP contribution in [0.2, 0.25) is 0 Å². The van der Waals surface area contributed by atoms with Crippen molar-refractivity contribution in [1.29, 1.82) is 0 Å². The Balaban J connectivity index is 0.000000956. The van der Waals surface area contributed by atoms with Gasteiger partial charge in [0.05, 0.1) is 7.11 Å². The summed E-state index contributed by atoms with van der Waals surface area (Å²) in [6.45, 7) is 4.00. The van der Waals surface area contributed by atoms with Gasteiger partial charge in [-0.25, -0.2) is 9.59 Å². The van der Waals surface area contributed by atoms with Crippen LogP contribution in [-0.2, 0) is 4.74 Å².